The fraction of sp³-hybridized carbons (Fsp3) is 0.200. The van der Waals surface area contributed by atoms with Crippen molar-refractivity contribution in [3.8, 4) is 0 Å². The first kappa shape index (κ1) is 14.0. The molecule has 0 unspecified atom stereocenters. The van der Waals surface area contributed by atoms with Crippen LogP contribution in [0.4, 0.5) is 10.1 Å². The molecule has 0 spiro atoms. The number of halogens is 1. The van der Waals surface area contributed by atoms with E-state index in [-0.39, 0.29) is 17.2 Å². The lowest BCUT2D eigenvalue weighted by molar-refractivity contribution is 0.0797. The van der Waals surface area contributed by atoms with Crippen molar-refractivity contribution in [1.29, 1.82) is 0 Å². The van der Waals surface area contributed by atoms with Gasteiger partial charge in [0.05, 0.1) is 11.3 Å². The smallest absolute Gasteiger partial charge is 0.255 e. The molecule has 2 N–H and O–H groups in total. The highest BCUT2D eigenvalue weighted by Crippen LogP contribution is 2.17. The van der Waals surface area contributed by atoms with E-state index in [1.807, 2.05) is 12.1 Å². The molecule has 0 radical (unpaired) electrons. The Kier molecular flexibility index (Phi) is 4.30. The Morgan fingerprint density at radius 3 is 2.70 bits per heavy atom. The average molecular weight is 273 g/mol. The van der Waals surface area contributed by atoms with Gasteiger partial charge in [0, 0.05) is 26.0 Å². The number of hydrogen-bond acceptors (Lipinski definition) is 3. The number of nitrogens with zero attached hydrogens (tertiary/aromatic N) is 2. The number of carbonyl (C=O) groups is 1. The van der Waals surface area contributed by atoms with Crippen molar-refractivity contribution in [3.63, 3.8) is 0 Å². The summed E-state index contributed by atoms with van der Waals surface area (Å²) in [5.41, 5.74) is 6.78. The number of nitrogens with two attached hydrogens (primary N) is 1. The van der Waals surface area contributed by atoms with E-state index in [9.17, 15) is 9.18 Å². The molecule has 0 atom stereocenters. The minimum atomic E-state index is -0.571. The number of nitrogen functional groups attached to an aromatic ring is 1. The molecular formula is C15H16FN3O. The molecule has 0 aliphatic rings. The highest BCUT2D eigenvalue weighted by atomic mass is 19.1. The van der Waals surface area contributed by atoms with Gasteiger partial charge in [0.1, 0.15) is 5.82 Å². The Morgan fingerprint density at radius 2 is 2.00 bits per heavy atom. The zero-order valence-electron chi connectivity index (χ0n) is 11.2. The van der Waals surface area contributed by atoms with Crippen LogP contribution in [0.15, 0.2) is 42.7 Å². The number of amides is 1. The monoisotopic (exact) mass is 273 g/mol. The average Bonchev–Trinajstić information content (AvgIpc) is 2.48. The summed E-state index contributed by atoms with van der Waals surface area (Å²) in [6.45, 7) is 0.527. The third-order valence-electron chi connectivity index (χ3n) is 3.12. The largest absolute Gasteiger partial charge is 0.396 e. The Morgan fingerprint density at radius 1 is 1.30 bits per heavy atom. The molecule has 4 nitrogen and oxygen atoms in total. The van der Waals surface area contributed by atoms with Crippen LogP contribution in [0, 0.1) is 5.82 Å². The normalized spacial score (nSPS) is 10.3. The summed E-state index contributed by atoms with van der Waals surface area (Å²) in [6, 6.07) is 8.05. The van der Waals surface area contributed by atoms with E-state index in [0.717, 1.165) is 5.56 Å². The van der Waals surface area contributed by atoms with Crippen LogP contribution < -0.4 is 5.73 Å². The summed E-state index contributed by atoms with van der Waals surface area (Å²) < 4.78 is 13.4. The number of anilines is 1. The number of aromatic nitrogens is 1. The van der Waals surface area contributed by atoms with E-state index in [0.29, 0.717) is 13.0 Å². The fourth-order valence-corrected chi connectivity index (χ4v) is 1.88. The summed E-state index contributed by atoms with van der Waals surface area (Å²) in [6.07, 6.45) is 4.13. The summed E-state index contributed by atoms with van der Waals surface area (Å²) >= 11 is 0. The van der Waals surface area contributed by atoms with Crippen LogP contribution in [0.25, 0.3) is 0 Å². The second kappa shape index (κ2) is 6.14. The summed E-state index contributed by atoms with van der Waals surface area (Å²) in [5, 5.41) is 0. The third kappa shape index (κ3) is 3.12. The molecule has 0 aliphatic carbocycles. The topological polar surface area (TPSA) is 59.2 Å². The van der Waals surface area contributed by atoms with Crippen molar-refractivity contribution in [2.24, 2.45) is 0 Å². The number of carbonyl (C=O) groups excluding carboxylic acids is 1. The van der Waals surface area contributed by atoms with Gasteiger partial charge in [0.15, 0.2) is 0 Å². The van der Waals surface area contributed by atoms with Crippen LogP contribution in [0.3, 0.4) is 0 Å². The zero-order chi connectivity index (χ0) is 14.5. The molecule has 1 amide bonds. The summed E-state index contributed by atoms with van der Waals surface area (Å²) in [5.74, 6) is -0.852. The number of rotatable bonds is 4. The maximum absolute atomic E-state index is 13.4. The Hall–Kier alpha value is -2.43. The summed E-state index contributed by atoms with van der Waals surface area (Å²) in [7, 11) is 1.67. The van der Waals surface area contributed by atoms with E-state index in [2.05, 4.69) is 4.98 Å². The van der Waals surface area contributed by atoms with Gasteiger partial charge in [0.2, 0.25) is 0 Å². The Balaban J connectivity index is 2.04. The van der Waals surface area contributed by atoms with Gasteiger partial charge in [-0.05, 0) is 36.2 Å². The molecule has 1 heterocycles. The van der Waals surface area contributed by atoms with Crippen LogP contribution >= 0.6 is 0 Å². The van der Waals surface area contributed by atoms with Gasteiger partial charge in [-0.25, -0.2) is 4.39 Å². The molecule has 0 fully saturated rings. The SMILES string of the molecule is CN(CCc1ccncc1)C(=O)c1cccc(F)c1N. The van der Waals surface area contributed by atoms with Crippen LogP contribution in [-0.4, -0.2) is 29.4 Å². The maximum Gasteiger partial charge on any atom is 0.255 e. The maximum atomic E-state index is 13.4. The number of para-hydroxylation sites is 1. The first-order chi connectivity index (χ1) is 9.59. The van der Waals surface area contributed by atoms with E-state index in [1.54, 1.807) is 19.4 Å². The van der Waals surface area contributed by atoms with Gasteiger partial charge < -0.3 is 10.6 Å². The van der Waals surface area contributed by atoms with Crippen molar-refractivity contribution < 1.29 is 9.18 Å². The standard InChI is InChI=1S/C15H16FN3O/c1-19(10-7-11-5-8-18-9-6-11)15(20)12-3-2-4-13(16)14(12)17/h2-6,8-9H,7,10,17H2,1H3. The lowest BCUT2D eigenvalue weighted by Crippen LogP contribution is -2.29. The lowest BCUT2D eigenvalue weighted by atomic mass is 10.1. The van der Waals surface area contributed by atoms with Crippen molar-refractivity contribution in [3.05, 3.63) is 59.7 Å². The van der Waals surface area contributed by atoms with Crippen LogP contribution in [0.1, 0.15) is 15.9 Å². The van der Waals surface area contributed by atoms with Crippen molar-refractivity contribution >= 4 is 11.6 Å². The van der Waals surface area contributed by atoms with Crippen molar-refractivity contribution in [2.45, 2.75) is 6.42 Å². The number of hydrogen-bond donors (Lipinski definition) is 1. The van der Waals surface area contributed by atoms with Gasteiger partial charge in [-0.1, -0.05) is 6.07 Å². The third-order valence-corrected chi connectivity index (χ3v) is 3.12. The highest BCUT2D eigenvalue weighted by molar-refractivity contribution is 5.99. The molecule has 104 valence electrons. The van der Waals surface area contributed by atoms with Gasteiger partial charge in [0.25, 0.3) is 5.91 Å². The predicted molar refractivity (Wildman–Crippen MR) is 75.7 cm³/mol. The molecule has 2 aromatic rings. The van der Waals surface area contributed by atoms with Gasteiger partial charge in [-0.3, -0.25) is 9.78 Å². The molecule has 0 saturated carbocycles. The first-order valence-electron chi connectivity index (χ1n) is 6.28. The predicted octanol–water partition coefficient (Wildman–Crippen LogP) is 2.12. The number of benzene rings is 1. The van der Waals surface area contributed by atoms with E-state index in [4.69, 9.17) is 5.73 Å². The lowest BCUT2D eigenvalue weighted by Gasteiger charge is -2.18. The number of likely N-dealkylation sites (N-methyl/N-ethyl adjacent to an activating group) is 1. The molecular weight excluding hydrogens is 257 g/mol. The molecule has 5 heteroatoms. The highest BCUT2D eigenvalue weighted by Gasteiger charge is 2.16. The van der Waals surface area contributed by atoms with E-state index in [1.165, 1.54) is 23.1 Å². The second-order valence-electron chi connectivity index (χ2n) is 4.53. The van der Waals surface area contributed by atoms with E-state index >= 15 is 0 Å². The molecule has 1 aromatic carbocycles. The number of pyridine rings is 1. The molecule has 0 aliphatic heterocycles. The van der Waals surface area contributed by atoms with Gasteiger partial charge in [-0.15, -0.1) is 0 Å². The minimum Gasteiger partial charge on any atom is -0.396 e. The molecule has 1 aromatic heterocycles. The Labute approximate surface area is 117 Å². The van der Waals surface area contributed by atoms with Crippen LogP contribution in [0.2, 0.25) is 0 Å². The molecule has 0 saturated heterocycles. The molecule has 2 rings (SSSR count). The first-order valence-corrected chi connectivity index (χ1v) is 6.28. The molecule has 20 heavy (non-hydrogen) atoms. The van der Waals surface area contributed by atoms with Crippen LogP contribution in [0.5, 0.6) is 0 Å². The van der Waals surface area contributed by atoms with Crippen molar-refractivity contribution in [2.75, 3.05) is 19.3 Å². The van der Waals surface area contributed by atoms with Crippen LogP contribution in [-0.2, 0) is 6.42 Å². The summed E-state index contributed by atoms with van der Waals surface area (Å²) in [4.78, 5) is 17.7. The van der Waals surface area contributed by atoms with Gasteiger partial charge in [-0.2, -0.15) is 0 Å². The fourth-order valence-electron chi connectivity index (χ4n) is 1.88. The quantitative estimate of drug-likeness (QED) is 0.868. The second-order valence-corrected chi connectivity index (χ2v) is 4.53. The minimum absolute atomic E-state index is 0.103. The van der Waals surface area contributed by atoms with Gasteiger partial charge >= 0.3 is 0 Å². The van der Waals surface area contributed by atoms with Crippen molar-refractivity contribution in [1.82, 2.24) is 9.88 Å². The van der Waals surface area contributed by atoms with E-state index < -0.39 is 5.82 Å². The Bertz CT molecular complexity index is 601. The molecule has 0 bridgehead atoms. The zero-order valence-corrected chi connectivity index (χ0v) is 11.2.